The first-order valence-electron chi connectivity index (χ1n) is 7.17. The Labute approximate surface area is 129 Å². The Morgan fingerprint density at radius 3 is 2.18 bits per heavy atom. The highest BCUT2D eigenvalue weighted by Gasteiger charge is 2.15. The van der Waals surface area contributed by atoms with Crippen LogP contribution in [0.1, 0.15) is 28.7 Å². The van der Waals surface area contributed by atoms with Gasteiger partial charge in [0.05, 0.1) is 0 Å². The summed E-state index contributed by atoms with van der Waals surface area (Å²) in [7, 11) is 0. The van der Waals surface area contributed by atoms with Gasteiger partial charge in [0.25, 0.3) is 0 Å². The maximum Gasteiger partial charge on any atom is 0.162 e. The van der Waals surface area contributed by atoms with E-state index in [2.05, 4.69) is 10.2 Å². The van der Waals surface area contributed by atoms with E-state index < -0.39 is 0 Å². The molecular formula is C18H17N3O. The van der Waals surface area contributed by atoms with Crippen LogP contribution in [0.25, 0.3) is 17.1 Å². The SMILES string of the molecule is CC(=O)c1cc(-n2c(C)ccc2C)nnc1-c1ccccc1. The molecule has 110 valence electrons. The van der Waals surface area contributed by atoms with Crippen molar-refractivity contribution in [2.24, 2.45) is 0 Å². The first-order valence-corrected chi connectivity index (χ1v) is 7.17. The number of hydrogen-bond acceptors (Lipinski definition) is 3. The van der Waals surface area contributed by atoms with Gasteiger partial charge in [0.2, 0.25) is 0 Å². The standard InChI is InChI=1S/C18H17N3O/c1-12-9-10-13(2)21(12)17-11-16(14(3)22)18(20-19-17)15-7-5-4-6-8-15/h4-11H,1-3H3. The maximum atomic E-state index is 12.1. The van der Waals surface area contributed by atoms with E-state index in [1.807, 2.05) is 66.9 Å². The Morgan fingerprint density at radius 2 is 1.59 bits per heavy atom. The number of aromatic nitrogens is 3. The van der Waals surface area contributed by atoms with E-state index in [1.54, 1.807) is 6.92 Å². The van der Waals surface area contributed by atoms with Crippen LogP contribution in [0, 0.1) is 13.8 Å². The summed E-state index contributed by atoms with van der Waals surface area (Å²) in [6.45, 7) is 5.57. The van der Waals surface area contributed by atoms with E-state index in [1.165, 1.54) is 0 Å². The number of Topliss-reactive ketones (excluding diaryl/α,β-unsaturated/α-hetero) is 1. The lowest BCUT2D eigenvalue weighted by atomic mass is 10.0. The number of carbonyl (C=O) groups excluding carboxylic acids is 1. The molecule has 0 N–H and O–H groups in total. The molecule has 0 saturated carbocycles. The molecule has 0 spiro atoms. The molecule has 0 unspecified atom stereocenters. The first-order chi connectivity index (χ1) is 10.6. The molecule has 0 bridgehead atoms. The summed E-state index contributed by atoms with van der Waals surface area (Å²) in [5.41, 5.74) is 4.23. The lowest BCUT2D eigenvalue weighted by molar-refractivity contribution is 0.101. The van der Waals surface area contributed by atoms with Gasteiger partial charge in [0, 0.05) is 22.5 Å². The molecule has 0 amide bonds. The minimum Gasteiger partial charge on any atom is -0.302 e. The molecule has 0 atom stereocenters. The van der Waals surface area contributed by atoms with Gasteiger partial charge in [0.15, 0.2) is 11.6 Å². The van der Waals surface area contributed by atoms with Crippen LogP contribution in [0.3, 0.4) is 0 Å². The maximum absolute atomic E-state index is 12.1. The van der Waals surface area contributed by atoms with E-state index in [-0.39, 0.29) is 5.78 Å². The van der Waals surface area contributed by atoms with Crippen LogP contribution in [0.4, 0.5) is 0 Å². The Bertz CT molecular complexity index is 815. The molecule has 3 rings (SSSR count). The molecule has 22 heavy (non-hydrogen) atoms. The van der Waals surface area contributed by atoms with Gasteiger partial charge in [-0.3, -0.25) is 4.79 Å². The van der Waals surface area contributed by atoms with Gasteiger partial charge >= 0.3 is 0 Å². The predicted molar refractivity (Wildman–Crippen MR) is 86.3 cm³/mol. The second kappa shape index (κ2) is 5.56. The van der Waals surface area contributed by atoms with Crippen molar-refractivity contribution in [3.63, 3.8) is 0 Å². The van der Waals surface area contributed by atoms with Gasteiger partial charge in [-0.1, -0.05) is 30.3 Å². The van der Waals surface area contributed by atoms with Crippen molar-refractivity contribution in [1.82, 2.24) is 14.8 Å². The summed E-state index contributed by atoms with van der Waals surface area (Å²) in [4.78, 5) is 12.1. The van der Waals surface area contributed by atoms with E-state index >= 15 is 0 Å². The number of benzene rings is 1. The van der Waals surface area contributed by atoms with Gasteiger partial charge in [-0.25, -0.2) is 0 Å². The topological polar surface area (TPSA) is 47.8 Å². The predicted octanol–water partition coefficient (Wildman–Crippen LogP) is 3.75. The minimum atomic E-state index is -0.0162. The third-order valence-electron chi connectivity index (χ3n) is 3.71. The lowest BCUT2D eigenvalue weighted by Gasteiger charge is -2.11. The molecule has 0 saturated heterocycles. The molecule has 3 aromatic rings. The smallest absolute Gasteiger partial charge is 0.162 e. The third kappa shape index (κ3) is 2.44. The van der Waals surface area contributed by atoms with Crippen LogP contribution < -0.4 is 0 Å². The lowest BCUT2D eigenvalue weighted by Crippen LogP contribution is -2.08. The fourth-order valence-corrected chi connectivity index (χ4v) is 2.60. The number of rotatable bonds is 3. The number of ketones is 1. The molecule has 2 heterocycles. The Balaban J connectivity index is 2.19. The van der Waals surface area contributed by atoms with Gasteiger partial charge in [-0.05, 0) is 39.0 Å². The van der Waals surface area contributed by atoms with Crippen LogP contribution in [0.5, 0.6) is 0 Å². The summed E-state index contributed by atoms with van der Waals surface area (Å²) in [5, 5.41) is 8.64. The average Bonchev–Trinajstić information content (AvgIpc) is 2.86. The number of nitrogens with zero attached hydrogens (tertiary/aromatic N) is 3. The van der Waals surface area contributed by atoms with Crippen LogP contribution in [0.2, 0.25) is 0 Å². The fourth-order valence-electron chi connectivity index (χ4n) is 2.60. The molecule has 4 nitrogen and oxygen atoms in total. The highest BCUT2D eigenvalue weighted by molar-refractivity contribution is 6.00. The molecule has 0 fully saturated rings. The summed E-state index contributed by atoms with van der Waals surface area (Å²) < 4.78 is 1.99. The minimum absolute atomic E-state index is 0.0162. The number of hydrogen-bond donors (Lipinski definition) is 0. The quantitative estimate of drug-likeness (QED) is 0.690. The average molecular weight is 291 g/mol. The second-order valence-corrected chi connectivity index (χ2v) is 5.34. The largest absolute Gasteiger partial charge is 0.302 e. The number of aryl methyl sites for hydroxylation is 2. The van der Waals surface area contributed by atoms with Gasteiger partial charge < -0.3 is 4.57 Å². The van der Waals surface area contributed by atoms with Crippen molar-refractivity contribution < 1.29 is 4.79 Å². The van der Waals surface area contributed by atoms with Crippen LogP contribution in [-0.4, -0.2) is 20.5 Å². The molecule has 4 heteroatoms. The first kappa shape index (κ1) is 14.2. The normalized spacial score (nSPS) is 10.7. The molecular weight excluding hydrogens is 274 g/mol. The van der Waals surface area contributed by atoms with E-state index in [4.69, 9.17) is 0 Å². The van der Waals surface area contributed by atoms with Crippen molar-refractivity contribution in [2.75, 3.05) is 0 Å². The van der Waals surface area contributed by atoms with E-state index in [0.717, 1.165) is 17.0 Å². The van der Waals surface area contributed by atoms with Crippen LogP contribution in [-0.2, 0) is 0 Å². The van der Waals surface area contributed by atoms with Crippen molar-refractivity contribution in [3.05, 3.63) is 65.5 Å². The zero-order valence-corrected chi connectivity index (χ0v) is 12.9. The van der Waals surface area contributed by atoms with Gasteiger partial charge in [-0.15, -0.1) is 10.2 Å². The van der Waals surface area contributed by atoms with Crippen molar-refractivity contribution in [1.29, 1.82) is 0 Å². The monoisotopic (exact) mass is 291 g/mol. The van der Waals surface area contributed by atoms with Crippen LogP contribution in [0.15, 0.2) is 48.5 Å². The van der Waals surface area contributed by atoms with Crippen molar-refractivity contribution in [3.8, 4) is 17.1 Å². The zero-order chi connectivity index (χ0) is 15.7. The van der Waals surface area contributed by atoms with Crippen molar-refractivity contribution >= 4 is 5.78 Å². The highest BCUT2D eigenvalue weighted by Crippen LogP contribution is 2.23. The molecule has 0 aliphatic carbocycles. The molecule has 0 aliphatic rings. The molecule has 0 radical (unpaired) electrons. The molecule has 0 aliphatic heterocycles. The Kier molecular flexibility index (Phi) is 3.59. The van der Waals surface area contributed by atoms with Gasteiger partial charge in [0.1, 0.15) is 5.69 Å². The molecule has 2 aromatic heterocycles. The van der Waals surface area contributed by atoms with E-state index in [9.17, 15) is 4.79 Å². The summed E-state index contributed by atoms with van der Waals surface area (Å²) in [6.07, 6.45) is 0. The number of carbonyl (C=O) groups is 1. The third-order valence-corrected chi connectivity index (χ3v) is 3.71. The summed E-state index contributed by atoms with van der Waals surface area (Å²) in [6, 6.07) is 15.5. The molecule has 1 aromatic carbocycles. The second-order valence-electron chi connectivity index (χ2n) is 5.34. The highest BCUT2D eigenvalue weighted by atomic mass is 16.1. The van der Waals surface area contributed by atoms with E-state index in [0.29, 0.717) is 17.1 Å². The zero-order valence-electron chi connectivity index (χ0n) is 12.9. The summed E-state index contributed by atoms with van der Waals surface area (Å²) >= 11 is 0. The van der Waals surface area contributed by atoms with Crippen molar-refractivity contribution in [2.45, 2.75) is 20.8 Å². The fraction of sp³-hybridized carbons (Fsp3) is 0.167. The summed E-state index contributed by atoms with van der Waals surface area (Å²) in [5.74, 6) is 0.655. The Hall–Kier alpha value is -2.75. The van der Waals surface area contributed by atoms with Crippen LogP contribution >= 0.6 is 0 Å². The Morgan fingerprint density at radius 1 is 0.955 bits per heavy atom. The van der Waals surface area contributed by atoms with Gasteiger partial charge in [-0.2, -0.15) is 0 Å².